The number of methoxy groups -OCH3 is 1. The van der Waals surface area contributed by atoms with Crippen molar-refractivity contribution < 1.29 is 14.6 Å². The molecule has 2 N–H and O–H groups in total. The van der Waals surface area contributed by atoms with Gasteiger partial charge in [-0.1, -0.05) is 18.2 Å². The highest BCUT2D eigenvalue weighted by Gasteiger charge is 2.45. The third-order valence-electron chi connectivity index (χ3n) is 3.62. The van der Waals surface area contributed by atoms with E-state index in [4.69, 9.17) is 9.84 Å². The third kappa shape index (κ3) is 3.26. The predicted molar refractivity (Wildman–Crippen MR) is 73.1 cm³/mol. The van der Waals surface area contributed by atoms with Crippen molar-refractivity contribution in [2.45, 2.75) is 31.7 Å². The minimum atomic E-state index is 0.0245. The highest BCUT2D eigenvalue weighted by atomic mass is 16.5. The van der Waals surface area contributed by atoms with Crippen LogP contribution < -0.4 is 10.1 Å². The molecular formula is C15H21NO3. The van der Waals surface area contributed by atoms with E-state index in [1.165, 1.54) is 0 Å². The van der Waals surface area contributed by atoms with Crippen molar-refractivity contribution in [2.75, 3.05) is 13.7 Å². The van der Waals surface area contributed by atoms with E-state index in [2.05, 4.69) is 5.32 Å². The van der Waals surface area contributed by atoms with E-state index in [0.717, 1.165) is 17.7 Å². The highest BCUT2D eigenvalue weighted by Crippen LogP contribution is 2.50. The summed E-state index contributed by atoms with van der Waals surface area (Å²) in [4.78, 5) is 12.0. The van der Waals surface area contributed by atoms with Gasteiger partial charge in [0.25, 0.3) is 0 Å². The Morgan fingerprint density at radius 1 is 1.53 bits per heavy atom. The van der Waals surface area contributed by atoms with Gasteiger partial charge in [0.2, 0.25) is 5.91 Å². The minimum absolute atomic E-state index is 0.0245. The number of nitrogens with one attached hydrogen (secondary N) is 1. The van der Waals surface area contributed by atoms with Crippen LogP contribution in [0, 0.1) is 5.92 Å². The zero-order valence-corrected chi connectivity index (χ0v) is 11.4. The fraction of sp³-hybridized carbons (Fsp3) is 0.533. The van der Waals surface area contributed by atoms with Crippen molar-refractivity contribution in [2.24, 2.45) is 5.92 Å². The summed E-state index contributed by atoms with van der Waals surface area (Å²) in [6, 6.07) is 7.88. The second kappa shape index (κ2) is 6.06. The van der Waals surface area contributed by atoms with Crippen LogP contribution in [0.4, 0.5) is 0 Å². The number of para-hydroxylation sites is 1. The first-order chi connectivity index (χ1) is 9.17. The SMILES string of the molecule is COc1ccccc1[C@@H]1C[C@H]1C(=O)N[C@H](C)CCO. The monoisotopic (exact) mass is 263 g/mol. The molecule has 1 aliphatic carbocycles. The molecule has 2 rings (SSSR count). The zero-order valence-electron chi connectivity index (χ0n) is 11.4. The van der Waals surface area contributed by atoms with Gasteiger partial charge in [-0.15, -0.1) is 0 Å². The Morgan fingerprint density at radius 3 is 2.95 bits per heavy atom. The lowest BCUT2D eigenvalue weighted by atomic mass is 10.1. The van der Waals surface area contributed by atoms with Crippen LogP contribution in [-0.2, 0) is 4.79 Å². The molecule has 0 bridgehead atoms. The third-order valence-corrected chi connectivity index (χ3v) is 3.62. The summed E-state index contributed by atoms with van der Waals surface area (Å²) in [5.74, 6) is 1.23. The molecule has 0 aromatic heterocycles. The summed E-state index contributed by atoms with van der Waals surface area (Å²) >= 11 is 0. The summed E-state index contributed by atoms with van der Waals surface area (Å²) in [6.45, 7) is 2.01. The Labute approximate surface area is 113 Å². The highest BCUT2D eigenvalue weighted by molar-refractivity contribution is 5.83. The molecule has 1 saturated carbocycles. The quantitative estimate of drug-likeness (QED) is 0.821. The number of rotatable bonds is 6. The van der Waals surface area contributed by atoms with Crippen molar-refractivity contribution in [3.05, 3.63) is 29.8 Å². The van der Waals surface area contributed by atoms with Crippen LogP contribution in [0.15, 0.2) is 24.3 Å². The van der Waals surface area contributed by atoms with Crippen LogP contribution in [-0.4, -0.2) is 30.8 Å². The lowest BCUT2D eigenvalue weighted by Crippen LogP contribution is -2.34. The summed E-state index contributed by atoms with van der Waals surface area (Å²) in [5.41, 5.74) is 1.11. The van der Waals surface area contributed by atoms with Crippen LogP contribution in [0.5, 0.6) is 5.75 Å². The van der Waals surface area contributed by atoms with E-state index < -0.39 is 0 Å². The Hall–Kier alpha value is -1.55. The number of carbonyl (C=O) groups excluding carboxylic acids is 1. The maximum atomic E-state index is 12.0. The molecule has 0 unspecified atom stereocenters. The molecule has 1 aliphatic rings. The second-order valence-electron chi connectivity index (χ2n) is 5.11. The molecule has 1 fully saturated rings. The number of carbonyl (C=O) groups is 1. The number of benzene rings is 1. The van der Waals surface area contributed by atoms with E-state index in [0.29, 0.717) is 6.42 Å². The molecule has 0 aliphatic heterocycles. The molecular weight excluding hydrogens is 242 g/mol. The van der Waals surface area contributed by atoms with Crippen LogP contribution in [0.25, 0.3) is 0 Å². The largest absolute Gasteiger partial charge is 0.496 e. The summed E-state index contributed by atoms with van der Waals surface area (Å²) < 4.78 is 5.33. The number of ether oxygens (including phenoxy) is 1. The summed E-state index contributed by atoms with van der Waals surface area (Å²) in [6.07, 6.45) is 1.47. The van der Waals surface area contributed by atoms with Crippen molar-refractivity contribution in [3.8, 4) is 5.75 Å². The lowest BCUT2D eigenvalue weighted by molar-refractivity contribution is -0.123. The number of hydrogen-bond acceptors (Lipinski definition) is 3. The first kappa shape index (κ1) is 13.9. The van der Waals surface area contributed by atoms with Gasteiger partial charge in [-0.05, 0) is 37.3 Å². The smallest absolute Gasteiger partial charge is 0.223 e. The predicted octanol–water partition coefficient (Wildman–Crippen LogP) is 1.69. The molecule has 4 nitrogen and oxygen atoms in total. The van der Waals surface area contributed by atoms with Gasteiger partial charge in [0.15, 0.2) is 0 Å². The number of amides is 1. The van der Waals surface area contributed by atoms with Gasteiger partial charge >= 0.3 is 0 Å². The van der Waals surface area contributed by atoms with Gasteiger partial charge in [-0.3, -0.25) is 4.79 Å². The van der Waals surface area contributed by atoms with E-state index in [-0.39, 0.29) is 30.4 Å². The maximum Gasteiger partial charge on any atom is 0.223 e. The van der Waals surface area contributed by atoms with Crippen LogP contribution >= 0.6 is 0 Å². The first-order valence-electron chi connectivity index (χ1n) is 6.71. The van der Waals surface area contributed by atoms with Gasteiger partial charge in [-0.2, -0.15) is 0 Å². The van der Waals surface area contributed by atoms with Crippen LogP contribution in [0.2, 0.25) is 0 Å². The summed E-state index contributed by atoms with van der Waals surface area (Å²) in [5, 5.41) is 11.8. The average Bonchev–Trinajstić information content (AvgIpc) is 3.19. The van der Waals surface area contributed by atoms with E-state index in [1.54, 1.807) is 7.11 Å². The molecule has 0 radical (unpaired) electrons. The Kier molecular flexibility index (Phi) is 4.43. The Bertz CT molecular complexity index is 447. The number of aliphatic hydroxyl groups excluding tert-OH is 1. The van der Waals surface area contributed by atoms with E-state index in [1.807, 2.05) is 31.2 Å². The second-order valence-corrected chi connectivity index (χ2v) is 5.11. The molecule has 104 valence electrons. The number of aliphatic hydroxyl groups is 1. The fourth-order valence-corrected chi connectivity index (χ4v) is 2.42. The lowest BCUT2D eigenvalue weighted by Gasteiger charge is -2.12. The summed E-state index contributed by atoms with van der Waals surface area (Å²) in [7, 11) is 1.65. The van der Waals surface area contributed by atoms with Gasteiger partial charge in [0.05, 0.1) is 7.11 Å². The van der Waals surface area contributed by atoms with Crippen LogP contribution in [0.1, 0.15) is 31.2 Å². The van der Waals surface area contributed by atoms with Gasteiger partial charge in [0, 0.05) is 18.6 Å². The molecule has 1 aromatic rings. The molecule has 0 spiro atoms. The Balaban J connectivity index is 1.95. The fourth-order valence-electron chi connectivity index (χ4n) is 2.42. The van der Waals surface area contributed by atoms with Crippen molar-refractivity contribution in [1.82, 2.24) is 5.32 Å². The first-order valence-corrected chi connectivity index (χ1v) is 6.71. The average molecular weight is 263 g/mol. The minimum Gasteiger partial charge on any atom is -0.496 e. The molecule has 0 saturated heterocycles. The molecule has 3 atom stereocenters. The molecule has 1 aromatic carbocycles. The van der Waals surface area contributed by atoms with Gasteiger partial charge < -0.3 is 15.2 Å². The van der Waals surface area contributed by atoms with Gasteiger partial charge in [0.1, 0.15) is 5.75 Å². The molecule has 1 amide bonds. The number of hydrogen-bond donors (Lipinski definition) is 2. The van der Waals surface area contributed by atoms with Crippen molar-refractivity contribution >= 4 is 5.91 Å². The van der Waals surface area contributed by atoms with Crippen LogP contribution in [0.3, 0.4) is 0 Å². The Morgan fingerprint density at radius 2 is 2.26 bits per heavy atom. The molecule has 4 heteroatoms. The van der Waals surface area contributed by atoms with E-state index >= 15 is 0 Å². The molecule has 19 heavy (non-hydrogen) atoms. The zero-order chi connectivity index (χ0) is 13.8. The normalized spacial score (nSPS) is 22.7. The van der Waals surface area contributed by atoms with E-state index in [9.17, 15) is 4.79 Å². The van der Waals surface area contributed by atoms with Crippen molar-refractivity contribution in [1.29, 1.82) is 0 Å². The topological polar surface area (TPSA) is 58.6 Å². The maximum absolute atomic E-state index is 12.0. The van der Waals surface area contributed by atoms with Crippen molar-refractivity contribution in [3.63, 3.8) is 0 Å². The molecule has 0 heterocycles. The van der Waals surface area contributed by atoms with Gasteiger partial charge in [-0.25, -0.2) is 0 Å². The standard InChI is InChI=1S/C15H21NO3/c1-10(7-8-17)16-15(18)13-9-12(13)11-5-3-4-6-14(11)19-2/h3-6,10,12-13,17H,7-9H2,1-2H3,(H,16,18)/t10-,12+,13-/m1/s1.